The first-order valence-electron chi connectivity index (χ1n) is 8.47. The molecule has 0 N–H and O–H groups in total. The summed E-state index contributed by atoms with van der Waals surface area (Å²) >= 11 is 0. The van der Waals surface area contributed by atoms with Gasteiger partial charge in [-0.25, -0.2) is 0 Å². The van der Waals surface area contributed by atoms with Gasteiger partial charge in [-0.05, 0) is 51.6 Å². The van der Waals surface area contributed by atoms with Crippen LogP contribution in [0.4, 0.5) is 0 Å². The average molecular weight is 285 g/mol. The molecule has 2 nitrogen and oxygen atoms in total. The van der Waals surface area contributed by atoms with Crippen molar-refractivity contribution in [2.45, 2.75) is 65.0 Å². The predicted molar refractivity (Wildman–Crippen MR) is 86.3 cm³/mol. The number of benzene rings is 1. The van der Waals surface area contributed by atoms with Gasteiger partial charge in [0.05, 0.1) is 0 Å². The van der Waals surface area contributed by atoms with Crippen LogP contribution in [0.1, 0.15) is 55.2 Å². The van der Waals surface area contributed by atoms with E-state index in [4.69, 9.17) is 0 Å². The van der Waals surface area contributed by atoms with Crippen molar-refractivity contribution in [1.82, 2.24) is 4.90 Å². The molecule has 1 aromatic carbocycles. The van der Waals surface area contributed by atoms with Crippen LogP contribution in [0.5, 0.6) is 0 Å². The number of Topliss-reactive ketones (excluding diaryl/α,β-unsaturated/α-hetero) is 1. The van der Waals surface area contributed by atoms with Crippen molar-refractivity contribution < 1.29 is 4.79 Å². The van der Waals surface area contributed by atoms with Gasteiger partial charge in [-0.1, -0.05) is 35.7 Å². The molecule has 1 heterocycles. The highest BCUT2D eigenvalue weighted by molar-refractivity contribution is 5.82. The minimum absolute atomic E-state index is 0.312. The summed E-state index contributed by atoms with van der Waals surface area (Å²) in [6.45, 7) is 6.50. The largest absolute Gasteiger partial charge is 0.299 e. The number of carbonyl (C=O) groups is 1. The van der Waals surface area contributed by atoms with Crippen molar-refractivity contribution in [1.29, 1.82) is 0 Å². The van der Waals surface area contributed by atoms with Crippen molar-refractivity contribution in [3.63, 3.8) is 0 Å². The van der Waals surface area contributed by atoms with Gasteiger partial charge >= 0.3 is 0 Å². The second kappa shape index (κ2) is 6.31. The van der Waals surface area contributed by atoms with Crippen LogP contribution in [0.25, 0.3) is 0 Å². The fraction of sp³-hybridized carbons (Fsp3) is 0.632. The SMILES string of the molecule is Cc1cc(C)cc(CN2CCCC2C2CCCCC2=O)c1. The first-order valence-corrected chi connectivity index (χ1v) is 8.47. The highest BCUT2D eigenvalue weighted by atomic mass is 16.1. The molecule has 2 aliphatic rings. The molecular formula is C19H27NO. The Morgan fingerprint density at radius 1 is 1.05 bits per heavy atom. The monoisotopic (exact) mass is 285 g/mol. The van der Waals surface area contributed by atoms with Gasteiger partial charge < -0.3 is 0 Å². The normalized spacial score (nSPS) is 27.2. The van der Waals surface area contributed by atoms with E-state index in [0.717, 1.165) is 32.4 Å². The number of nitrogens with zero attached hydrogens (tertiary/aromatic N) is 1. The molecule has 0 bridgehead atoms. The van der Waals surface area contributed by atoms with E-state index in [9.17, 15) is 4.79 Å². The molecule has 2 heteroatoms. The van der Waals surface area contributed by atoms with E-state index >= 15 is 0 Å². The Hall–Kier alpha value is -1.15. The Labute approximate surface area is 128 Å². The summed E-state index contributed by atoms with van der Waals surface area (Å²) in [5, 5.41) is 0. The summed E-state index contributed by atoms with van der Waals surface area (Å²) in [7, 11) is 0. The first kappa shape index (κ1) is 14.8. The van der Waals surface area contributed by atoms with E-state index < -0.39 is 0 Å². The van der Waals surface area contributed by atoms with Crippen LogP contribution in [-0.2, 0) is 11.3 Å². The number of ketones is 1. The number of carbonyl (C=O) groups excluding carboxylic acids is 1. The van der Waals surface area contributed by atoms with Gasteiger partial charge in [0.2, 0.25) is 0 Å². The minimum atomic E-state index is 0.312. The topological polar surface area (TPSA) is 20.3 Å². The van der Waals surface area contributed by atoms with Crippen molar-refractivity contribution in [3.8, 4) is 0 Å². The zero-order valence-corrected chi connectivity index (χ0v) is 13.4. The summed E-state index contributed by atoms with van der Waals surface area (Å²) in [6.07, 6.45) is 6.75. The molecule has 1 aliphatic carbocycles. The van der Waals surface area contributed by atoms with Crippen molar-refractivity contribution in [2.75, 3.05) is 6.54 Å². The zero-order chi connectivity index (χ0) is 14.8. The van der Waals surface area contributed by atoms with Crippen LogP contribution in [0.3, 0.4) is 0 Å². The third kappa shape index (κ3) is 3.37. The average Bonchev–Trinajstić information content (AvgIpc) is 2.86. The maximum atomic E-state index is 12.3. The van der Waals surface area contributed by atoms with E-state index in [2.05, 4.69) is 36.9 Å². The van der Waals surface area contributed by atoms with Gasteiger partial charge in [-0.15, -0.1) is 0 Å². The molecule has 1 aliphatic heterocycles. The summed E-state index contributed by atoms with van der Waals surface area (Å²) in [5.41, 5.74) is 4.09. The lowest BCUT2D eigenvalue weighted by atomic mass is 9.81. The number of hydrogen-bond acceptors (Lipinski definition) is 2. The highest BCUT2D eigenvalue weighted by Crippen LogP contribution is 2.33. The molecular weight excluding hydrogens is 258 g/mol. The van der Waals surface area contributed by atoms with Gasteiger partial charge in [-0.2, -0.15) is 0 Å². The van der Waals surface area contributed by atoms with Gasteiger partial charge in [0.15, 0.2) is 0 Å². The summed E-state index contributed by atoms with van der Waals surface area (Å²) < 4.78 is 0. The zero-order valence-electron chi connectivity index (χ0n) is 13.4. The van der Waals surface area contributed by atoms with Crippen LogP contribution in [-0.4, -0.2) is 23.3 Å². The number of hydrogen-bond donors (Lipinski definition) is 0. The molecule has 2 atom stereocenters. The number of likely N-dealkylation sites (tertiary alicyclic amines) is 1. The molecule has 1 saturated heterocycles. The van der Waals surface area contributed by atoms with Crippen molar-refractivity contribution in [3.05, 3.63) is 34.9 Å². The molecule has 0 radical (unpaired) electrons. The maximum Gasteiger partial charge on any atom is 0.137 e. The molecule has 0 aromatic heterocycles. The summed E-state index contributed by atoms with van der Waals surface area (Å²) in [6, 6.07) is 7.32. The predicted octanol–water partition coefficient (Wildman–Crippen LogP) is 4.03. The molecule has 1 saturated carbocycles. The van der Waals surface area contributed by atoms with Crippen LogP contribution < -0.4 is 0 Å². The van der Waals surface area contributed by atoms with Gasteiger partial charge in [0, 0.05) is 24.9 Å². The number of rotatable bonds is 3. The smallest absolute Gasteiger partial charge is 0.137 e. The molecule has 114 valence electrons. The fourth-order valence-electron chi connectivity index (χ4n) is 4.32. The van der Waals surface area contributed by atoms with Crippen LogP contribution in [0.15, 0.2) is 18.2 Å². The molecule has 1 aromatic rings. The van der Waals surface area contributed by atoms with Crippen molar-refractivity contribution in [2.24, 2.45) is 5.92 Å². The standard InChI is InChI=1S/C19H27NO/c1-14-10-15(2)12-16(11-14)13-20-9-5-7-18(20)17-6-3-4-8-19(17)21/h10-12,17-18H,3-9,13H2,1-2H3. The van der Waals surface area contributed by atoms with Crippen LogP contribution >= 0.6 is 0 Å². The Balaban J connectivity index is 1.73. The van der Waals surface area contributed by atoms with Gasteiger partial charge in [-0.3, -0.25) is 9.69 Å². The van der Waals surface area contributed by atoms with Crippen LogP contribution in [0, 0.1) is 19.8 Å². The second-order valence-electron chi connectivity index (χ2n) is 6.99. The third-order valence-corrected chi connectivity index (χ3v) is 5.15. The molecule has 2 unspecified atom stereocenters. The second-order valence-corrected chi connectivity index (χ2v) is 6.99. The molecule has 3 rings (SSSR count). The maximum absolute atomic E-state index is 12.3. The Bertz CT molecular complexity index is 502. The van der Waals surface area contributed by atoms with E-state index in [-0.39, 0.29) is 0 Å². The lowest BCUT2D eigenvalue weighted by Gasteiger charge is -2.33. The van der Waals surface area contributed by atoms with Gasteiger partial charge in [0.25, 0.3) is 0 Å². The molecule has 21 heavy (non-hydrogen) atoms. The van der Waals surface area contributed by atoms with Gasteiger partial charge in [0.1, 0.15) is 5.78 Å². The Morgan fingerprint density at radius 3 is 2.52 bits per heavy atom. The minimum Gasteiger partial charge on any atom is -0.299 e. The first-order chi connectivity index (χ1) is 10.1. The lowest BCUT2D eigenvalue weighted by molar-refractivity contribution is -0.126. The van der Waals surface area contributed by atoms with E-state index in [1.165, 1.54) is 36.0 Å². The molecule has 0 spiro atoms. The lowest BCUT2D eigenvalue weighted by Crippen LogP contribution is -2.40. The molecule has 0 amide bonds. The Morgan fingerprint density at radius 2 is 1.81 bits per heavy atom. The highest BCUT2D eigenvalue weighted by Gasteiger charge is 2.36. The van der Waals surface area contributed by atoms with E-state index in [1.807, 2.05) is 0 Å². The third-order valence-electron chi connectivity index (χ3n) is 5.15. The fourth-order valence-corrected chi connectivity index (χ4v) is 4.32. The molecule has 2 fully saturated rings. The quantitative estimate of drug-likeness (QED) is 0.836. The Kier molecular flexibility index (Phi) is 4.44. The van der Waals surface area contributed by atoms with Crippen LogP contribution in [0.2, 0.25) is 0 Å². The van der Waals surface area contributed by atoms with E-state index in [0.29, 0.717) is 17.7 Å². The van der Waals surface area contributed by atoms with Crippen molar-refractivity contribution >= 4 is 5.78 Å². The summed E-state index contributed by atoms with van der Waals surface area (Å²) in [5.74, 6) is 0.839. The summed E-state index contributed by atoms with van der Waals surface area (Å²) in [4.78, 5) is 14.8. The van der Waals surface area contributed by atoms with E-state index in [1.54, 1.807) is 0 Å². The number of aryl methyl sites for hydroxylation is 2.